The van der Waals surface area contributed by atoms with E-state index in [-0.39, 0.29) is 0 Å². The van der Waals surface area contributed by atoms with Crippen LogP contribution in [0.15, 0.2) is 21.2 Å². The lowest BCUT2D eigenvalue weighted by Crippen LogP contribution is -2.33. The molecule has 2 rings (SSSR count). The van der Waals surface area contributed by atoms with Crippen LogP contribution in [0.3, 0.4) is 0 Å². The van der Waals surface area contributed by atoms with Gasteiger partial charge in [0.15, 0.2) is 0 Å². The number of hydrogen-bond acceptors (Lipinski definition) is 2. The van der Waals surface area contributed by atoms with E-state index in [9.17, 15) is 0 Å². The second-order valence-electron chi connectivity index (χ2n) is 5.56. The molecule has 1 N–H and O–H groups in total. The average Bonchev–Trinajstić information content (AvgIpc) is 2.33. The van der Waals surface area contributed by atoms with Gasteiger partial charge in [0.05, 0.1) is 5.69 Å². The highest BCUT2D eigenvalue weighted by Crippen LogP contribution is 2.35. The summed E-state index contributed by atoms with van der Waals surface area (Å²) in [5, 5.41) is 3.56. The Balaban J connectivity index is 1.84. The molecule has 1 aliphatic rings. The Morgan fingerprint density at radius 1 is 1.28 bits per heavy atom. The van der Waals surface area contributed by atoms with E-state index in [1.165, 1.54) is 32.1 Å². The summed E-state index contributed by atoms with van der Waals surface area (Å²) < 4.78 is 2.08. The first kappa shape index (κ1) is 14.5. The second-order valence-corrected chi connectivity index (χ2v) is 7.33. The van der Waals surface area contributed by atoms with E-state index < -0.39 is 0 Å². The normalized spacial score (nSPS) is 18.8. The molecule has 0 bridgehead atoms. The molecule has 1 aromatic rings. The SMILES string of the molecule is CC1(CNCc2ncc(Br)cc2Br)CCCCC1. The highest BCUT2D eigenvalue weighted by molar-refractivity contribution is 9.11. The molecule has 4 heteroatoms. The number of hydrogen-bond donors (Lipinski definition) is 1. The van der Waals surface area contributed by atoms with Crippen molar-refractivity contribution in [1.82, 2.24) is 10.3 Å². The molecule has 1 saturated carbocycles. The van der Waals surface area contributed by atoms with Gasteiger partial charge < -0.3 is 5.32 Å². The van der Waals surface area contributed by atoms with Crippen molar-refractivity contribution in [2.75, 3.05) is 6.54 Å². The van der Waals surface area contributed by atoms with E-state index in [1.54, 1.807) is 0 Å². The minimum atomic E-state index is 0.486. The zero-order valence-electron chi connectivity index (χ0n) is 10.8. The van der Waals surface area contributed by atoms with Crippen molar-refractivity contribution >= 4 is 31.9 Å². The van der Waals surface area contributed by atoms with Gasteiger partial charge >= 0.3 is 0 Å². The van der Waals surface area contributed by atoms with E-state index >= 15 is 0 Å². The van der Waals surface area contributed by atoms with Crippen LogP contribution in [-0.2, 0) is 6.54 Å². The fourth-order valence-corrected chi connectivity index (χ4v) is 3.77. The van der Waals surface area contributed by atoms with Crippen molar-refractivity contribution in [1.29, 1.82) is 0 Å². The van der Waals surface area contributed by atoms with E-state index in [2.05, 4.69) is 49.1 Å². The highest BCUT2D eigenvalue weighted by atomic mass is 79.9. The van der Waals surface area contributed by atoms with Crippen LogP contribution in [0, 0.1) is 5.41 Å². The Hall–Kier alpha value is 0.0700. The largest absolute Gasteiger partial charge is 0.311 e. The molecule has 1 aromatic heterocycles. The molecule has 1 aliphatic carbocycles. The summed E-state index contributed by atoms with van der Waals surface area (Å²) in [6.07, 6.45) is 8.75. The topological polar surface area (TPSA) is 24.9 Å². The van der Waals surface area contributed by atoms with Gasteiger partial charge in [-0.25, -0.2) is 0 Å². The summed E-state index contributed by atoms with van der Waals surface area (Å²) in [5.74, 6) is 0. The summed E-state index contributed by atoms with van der Waals surface area (Å²) >= 11 is 6.98. The van der Waals surface area contributed by atoms with Crippen LogP contribution in [0.2, 0.25) is 0 Å². The molecule has 1 heterocycles. The molecule has 0 spiro atoms. The summed E-state index contributed by atoms with van der Waals surface area (Å²) in [6, 6.07) is 2.05. The van der Waals surface area contributed by atoms with Gasteiger partial charge in [-0.3, -0.25) is 4.98 Å². The number of pyridine rings is 1. The molecule has 2 nitrogen and oxygen atoms in total. The Kier molecular flexibility index (Phi) is 5.22. The molecule has 1 fully saturated rings. The Bertz CT molecular complexity index is 401. The summed E-state index contributed by atoms with van der Waals surface area (Å²) in [6.45, 7) is 4.34. The first-order valence-electron chi connectivity index (χ1n) is 6.60. The number of halogens is 2. The third kappa shape index (κ3) is 4.04. The molecule has 0 aromatic carbocycles. The summed E-state index contributed by atoms with van der Waals surface area (Å²) in [5.41, 5.74) is 1.57. The summed E-state index contributed by atoms with van der Waals surface area (Å²) in [4.78, 5) is 4.43. The standard InChI is InChI=1S/C14H20Br2N2/c1-14(5-3-2-4-6-14)10-17-9-13-12(16)7-11(15)8-18-13/h7-8,17H,2-6,9-10H2,1H3. The van der Waals surface area contributed by atoms with Crippen molar-refractivity contribution in [3.8, 4) is 0 Å². The van der Waals surface area contributed by atoms with E-state index in [1.807, 2.05) is 12.3 Å². The maximum Gasteiger partial charge on any atom is 0.0684 e. The van der Waals surface area contributed by atoms with Crippen molar-refractivity contribution in [3.05, 3.63) is 26.9 Å². The predicted molar refractivity (Wildman–Crippen MR) is 82.5 cm³/mol. The quantitative estimate of drug-likeness (QED) is 0.827. The van der Waals surface area contributed by atoms with Crippen molar-refractivity contribution in [3.63, 3.8) is 0 Å². The van der Waals surface area contributed by atoms with Gasteiger partial charge in [0, 0.05) is 28.2 Å². The third-order valence-electron chi connectivity index (χ3n) is 3.79. The van der Waals surface area contributed by atoms with E-state index in [4.69, 9.17) is 0 Å². The lowest BCUT2D eigenvalue weighted by Gasteiger charge is -2.33. The molecule has 0 atom stereocenters. The van der Waals surface area contributed by atoms with E-state index in [0.717, 1.165) is 27.7 Å². The van der Waals surface area contributed by atoms with Crippen LogP contribution in [0.4, 0.5) is 0 Å². The van der Waals surface area contributed by atoms with Gasteiger partial charge in [0.25, 0.3) is 0 Å². The fraction of sp³-hybridized carbons (Fsp3) is 0.643. The molecular formula is C14H20Br2N2. The van der Waals surface area contributed by atoms with Gasteiger partial charge in [-0.1, -0.05) is 26.2 Å². The minimum absolute atomic E-state index is 0.486. The minimum Gasteiger partial charge on any atom is -0.311 e. The molecule has 18 heavy (non-hydrogen) atoms. The molecule has 100 valence electrons. The smallest absolute Gasteiger partial charge is 0.0684 e. The maximum atomic E-state index is 4.43. The van der Waals surface area contributed by atoms with Crippen molar-refractivity contribution in [2.45, 2.75) is 45.6 Å². The predicted octanol–water partition coefficient (Wildman–Crippen LogP) is 4.67. The average molecular weight is 376 g/mol. The number of nitrogens with zero attached hydrogens (tertiary/aromatic N) is 1. The zero-order valence-corrected chi connectivity index (χ0v) is 14.0. The molecule has 0 amide bonds. The first-order valence-corrected chi connectivity index (χ1v) is 8.18. The lowest BCUT2D eigenvalue weighted by atomic mass is 9.76. The molecule has 0 unspecified atom stereocenters. The zero-order chi connectivity index (χ0) is 13.0. The van der Waals surface area contributed by atoms with Crippen molar-refractivity contribution in [2.24, 2.45) is 5.41 Å². The monoisotopic (exact) mass is 374 g/mol. The van der Waals surface area contributed by atoms with Gasteiger partial charge in [0.1, 0.15) is 0 Å². The van der Waals surface area contributed by atoms with Gasteiger partial charge in [-0.05, 0) is 56.2 Å². The number of rotatable bonds is 4. The summed E-state index contributed by atoms with van der Waals surface area (Å²) in [7, 11) is 0. The second kappa shape index (κ2) is 6.49. The Morgan fingerprint density at radius 3 is 2.67 bits per heavy atom. The first-order chi connectivity index (χ1) is 8.59. The molecule has 0 aliphatic heterocycles. The Labute approximate surface area is 126 Å². The molecule has 0 saturated heterocycles. The van der Waals surface area contributed by atoms with Crippen LogP contribution in [-0.4, -0.2) is 11.5 Å². The van der Waals surface area contributed by atoms with Crippen molar-refractivity contribution < 1.29 is 0 Å². The van der Waals surface area contributed by atoms with Crippen LogP contribution in [0.25, 0.3) is 0 Å². The number of aromatic nitrogens is 1. The van der Waals surface area contributed by atoms with Gasteiger partial charge in [-0.2, -0.15) is 0 Å². The fourth-order valence-electron chi connectivity index (χ4n) is 2.64. The van der Waals surface area contributed by atoms with Gasteiger partial charge in [-0.15, -0.1) is 0 Å². The van der Waals surface area contributed by atoms with E-state index in [0.29, 0.717) is 5.41 Å². The highest BCUT2D eigenvalue weighted by Gasteiger charge is 2.26. The van der Waals surface area contributed by atoms with Crippen LogP contribution in [0.1, 0.15) is 44.7 Å². The van der Waals surface area contributed by atoms with Crippen LogP contribution < -0.4 is 5.32 Å². The molecular weight excluding hydrogens is 356 g/mol. The van der Waals surface area contributed by atoms with Crippen LogP contribution >= 0.6 is 31.9 Å². The Morgan fingerprint density at radius 2 is 2.00 bits per heavy atom. The maximum absolute atomic E-state index is 4.43. The molecule has 0 radical (unpaired) electrons. The number of nitrogens with one attached hydrogen (secondary N) is 1. The van der Waals surface area contributed by atoms with Gasteiger partial charge in [0.2, 0.25) is 0 Å². The third-order valence-corrected chi connectivity index (χ3v) is 4.91. The van der Waals surface area contributed by atoms with Crippen LogP contribution in [0.5, 0.6) is 0 Å². The lowest BCUT2D eigenvalue weighted by molar-refractivity contribution is 0.207.